The van der Waals surface area contributed by atoms with Gasteiger partial charge < -0.3 is 5.32 Å². The molecule has 0 heterocycles. The predicted molar refractivity (Wildman–Crippen MR) is 236 cm³/mol. The molecule has 0 aliphatic heterocycles. The molecule has 0 radical (unpaired) electrons. The Morgan fingerprint density at radius 3 is 1.23 bits per heavy atom. The van der Waals surface area contributed by atoms with Crippen molar-refractivity contribution in [1.82, 2.24) is 0 Å². The van der Waals surface area contributed by atoms with E-state index in [4.69, 9.17) is 0 Å². The van der Waals surface area contributed by atoms with E-state index < -0.39 is 10.8 Å². The zero-order valence-corrected chi connectivity index (χ0v) is 31.4. The van der Waals surface area contributed by atoms with Gasteiger partial charge in [0.25, 0.3) is 0 Å². The Morgan fingerprint density at radius 1 is 0.263 bits per heavy atom. The van der Waals surface area contributed by atoms with E-state index in [1.165, 1.54) is 77.9 Å². The maximum atomic E-state index is 3.80. The minimum absolute atomic E-state index is 0.423. The van der Waals surface area contributed by atoms with E-state index in [1.54, 1.807) is 0 Å². The molecule has 57 heavy (non-hydrogen) atoms. The highest BCUT2D eigenvalue weighted by Gasteiger charge is 2.47. The maximum absolute atomic E-state index is 3.80. The van der Waals surface area contributed by atoms with Gasteiger partial charge in [-0.15, -0.1) is 0 Å². The fraction of sp³-hybridized carbons (Fsp3) is 0.0357. The normalized spacial score (nSPS) is 13.9. The molecule has 1 N–H and O–H groups in total. The van der Waals surface area contributed by atoms with E-state index in [1.807, 2.05) is 0 Å². The summed E-state index contributed by atoms with van der Waals surface area (Å²) < 4.78 is 0. The van der Waals surface area contributed by atoms with Crippen molar-refractivity contribution in [3.63, 3.8) is 0 Å². The third-order valence-corrected chi connectivity index (χ3v) is 12.4. The van der Waals surface area contributed by atoms with E-state index in [9.17, 15) is 0 Å². The van der Waals surface area contributed by atoms with Gasteiger partial charge in [0.05, 0.1) is 10.8 Å². The Balaban J connectivity index is 1.01. The Kier molecular flexibility index (Phi) is 7.69. The number of anilines is 2. The molecule has 9 aromatic carbocycles. The maximum Gasteiger partial charge on any atom is 0.0714 e. The SMILES string of the molecule is c1ccc(C2(c3ccccc3)c3ccccc3-c3ccc(Nc4ccc(-c5cccc6c5-c5ccccc5C6(c5ccccc5)c5ccccc5)cc4)cc32)cc1. The molecule has 0 unspecified atom stereocenters. The van der Waals surface area contributed by atoms with Gasteiger partial charge in [0, 0.05) is 11.4 Å². The summed E-state index contributed by atoms with van der Waals surface area (Å²) in [7, 11) is 0. The van der Waals surface area contributed by atoms with Crippen LogP contribution in [0.5, 0.6) is 0 Å². The molecule has 2 aliphatic carbocycles. The van der Waals surface area contributed by atoms with Gasteiger partial charge in [-0.25, -0.2) is 0 Å². The lowest BCUT2D eigenvalue weighted by Crippen LogP contribution is -2.28. The Morgan fingerprint density at radius 2 is 0.667 bits per heavy atom. The van der Waals surface area contributed by atoms with Gasteiger partial charge in [-0.2, -0.15) is 0 Å². The Hall–Kier alpha value is -7.22. The van der Waals surface area contributed by atoms with Gasteiger partial charge in [-0.3, -0.25) is 0 Å². The van der Waals surface area contributed by atoms with Gasteiger partial charge in [0.1, 0.15) is 0 Å². The second-order valence-corrected chi connectivity index (χ2v) is 15.2. The molecule has 9 aromatic rings. The summed E-state index contributed by atoms with van der Waals surface area (Å²) in [4.78, 5) is 0. The molecule has 2 aliphatic rings. The van der Waals surface area contributed by atoms with Crippen LogP contribution in [0.1, 0.15) is 44.5 Å². The van der Waals surface area contributed by atoms with Crippen LogP contribution in [0.4, 0.5) is 11.4 Å². The van der Waals surface area contributed by atoms with Gasteiger partial charge in [0.2, 0.25) is 0 Å². The zero-order chi connectivity index (χ0) is 37.8. The number of hydrogen-bond acceptors (Lipinski definition) is 1. The first-order chi connectivity index (χ1) is 28.3. The molecule has 0 aromatic heterocycles. The van der Waals surface area contributed by atoms with Crippen LogP contribution in [-0.2, 0) is 10.8 Å². The van der Waals surface area contributed by atoms with Gasteiger partial charge in [-0.1, -0.05) is 206 Å². The monoisotopic (exact) mass is 725 g/mol. The number of rotatable bonds is 7. The van der Waals surface area contributed by atoms with Crippen LogP contribution in [0.15, 0.2) is 231 Å². The molecule has 0 spiro atoms. The fourth-order valence-corrected chi connectivity index (χ4v) is 10.2. The second kappa shape index (κ2) is 13.2. The summed E-state index contributed by atoms with van der Waals surface area (Å²) in [5.74, 6) is 0. The molecule has 0 amide bonds. The van der Waals surface area contributed by atoms with Crippen LogP contribution in [-0.4, -0.2) is 0 Å². The molecule has 268 valence electrons. The molecule has 0 bridgehead atoms. The van der Waals surface area contributed by atoms with Crippen LogP contribution < -0.4 is 5.32 Å². The quantitative estimate of drug-likeness (QED) is 0.172. The second-order valence-electron chi connectivity index (χ2n) is 15.2. The topological polar surface area (TPSA) is 12.0 Å². The van der Waals surface area contributed by atoms with Gasteiger partial charge in [0.15, 0.2) is 0 Å². The number of nitrogens with one attached hydrogen (secondary N) is 1. The smallest absolute Gasteiger partial charge is 0.0714 e. The van der Waals surface area contributed by atoms with E-state index >= 15 is 0 Å². The fourth-order valence-electron chi connectivity index (χ4n) is 10.2. The van der Waals surface area contributed by atoms with Crippen molar-refractivity contribution in [3.05, 3.63) is 275 Å². The average Bonchev–Trinajstić information content (AvgIpc) is 3.76. The Bertz CT molecular complexity index is 2820. The highest BCUT2D eigenvalue weighted by molar-refractivity contribution is 5.96. The first-order valence-corrected chi connectivity index (χ1v) is 19.9. The summed E-state index contributed by atoms with van der Waals surface area (Å²) in [5.41, 5.74) is 19.2. The first-order valence-electron chi connectivity index (χ1n) is 19.9. The van der Waals surface area contributed by atoms with Crippen molar-refractivity contribution >= 4 is 11.4 Å². The lowest BCUT2D eigenvalue weighted by Gasteiger charge is -2.34. The highest BCUT2D eigenvalue weighted by Crippen LogP contribution is 2.59. The minimum atomic E-state index is -0.436. The third-order valence-electron chi connectivity index (χ3n) is 12.4. The molecule has 0 saturated carbocycles. The van der Waals surface area contributed by atoms with Gasteiger partial charge in [-0.05, 0) is 102 Å². The highest BCUT2D eigenvalue weighted by atomic mass is 14.9. The summed E-state index contributed by atoms with van der Waals surface area (Å²) in [6.07, 6.45) is 0. The largest absolute Gasteiger partial charge is 0.356 e. The average molecular weight is 726 g/mol. The van der Waals surface area contributed by atoms with E-state index in [0.717, 1.165) is 11.4 Å². The lowest BCUT2D eigenvalue weighted by atomic mass is 9.67. The first kappa shape index (κ1) is 33.1. The molecular weight excluding hydrogens is 687 g/mol. The molecule has 11 rings (SSSR count). The molecule has 1 heteroatoms. The van der Waals surface area contributed by atoms with E-state index in [0.29, 0.717) is 0 Å². The summed E-state index contributed by atoms with van der Waals surface area (Å²) >= 11 is 0. The zero-order valence-electron chi connectivity index (χ0n) is 31.4. The van der Waals surface area contributed by atoms with Crippen LogP contribution in [0, 0.1) is 0 Å². The third kappa shape index (κ3) is 4.89. The van der Waals surface area contributed by atoms with Crippen molar-refractivity contribution < 1.29 is 0 Å². The standard InChI is InChI=1S/C56H39N/c1-5-18-40(19-6-1)55(41-20-7-2-8-21-41)51-30-16-14-27-49(51)54-46(28-17-31-52(54)55)39-32-34-44(35-33-39)57-45-36-37-48-47-26-13-15-29-50(47)56(53(48)38-45,42-22-9-3-10-23-42)43-24-11-4-12-25-43/h1-38,57H. The lowest BCUT2D eigenvalue weighted by molar-refractivity contribution is 0.768. The molecule has 0 saturated heterocycles. The molecule has 1 nitrogen and oxygen atoms in total. The Labute approximate surface area is 334 Å². The van der Waals surface area contributed by atoms with Crippen LogP contribution >= 0.6 is 0 Å². The van der Waals surface area contributed by atoms with Crippen molar-refractivity contribution in [2.24, 2.45) is 0 Å². The summed E-state index contributed by atoms with van der Waals surface area (Å²) in [6, 6.07) is 84.7. The number of hydrogen-bond donors (Lipinski definition) is 1. The van der Waals surface area contributed by atoms with E-state index in [-0.39, 0.29) is 0 Å². The van der Waals surface area contributed by atoms with Crippen LogP contribution in [0.3, 0.4) is 0 Å². The summed E-state index contributed by atoms with van der Waals surface area (Å²) in [5, 5.41) is 3.80. The van der Waals surface area contributed by atoms with Crippen LogP contribution in [0.2, 0.25) is 0 Å². The molecule has 0 fully saturated rings. The molecular formula is C56H39N. The van der Waals surface area contributed by atoms with Crippen molar-refractivity contribution in [3.8, 4) is 33.4 Å². The van der Waals surface area contributed by atoms with E-state index in [2.05, 4.69) is 236 Å². The summed E-state index contributed by atoms with van der Waals surface area (Å²) in [6.45, 7) is 0. The number of fused-ring (bicyclic) bond motifs is 6. The number of benzene rings is 9. The van der Waals surface area contributed by atoms with Crippen molar-refractivity contribution in [1.29, 1.82) is 0 Å². The van der Waals surface area contributed by atoms with Gasteiger partial charge >= 0.3 is 0 Å². The van der Waals surface area contributed by atoms with Crippen LogP contribution in [0.25, 0.3) is 33.4 Å². The molecule has 0 atom stereocenters. The van der Waals surface area contributed by atoms with Crippen molar-refractivity contribution in [2.75, 3.05) is 5.32 Å². The predicted octanol–water partition coefficient (Wildman–Crippen LogP) is 13.8. The van der Waals surface area contributed by atoms with Crippen molar-refractivity contribution in [2.45, 2.75) is 10.8 Å². The minimum Gasteiger partial charge on any atom is -0.356 e.